The molecule has 1 amide bonds. The number of thiophene rings is 1. The lowest BCUT2D eigenvalue weighted by molar-refractivity contribution is 0.102. The molecule has 0 unspecified atom stereocenters. The number of sulfonamides is 1. The van der Waals surface area contributed by atoms with Crippen LogP contribution in [-0.4, -0.2) is 25.2 Å². The third-order valence-electron chi connectivity index (χ3n) is 6.59. The third kappa shape index (κ3) is 4.27. The molecule has 2 aromatic carbocycles. The maximum Gasteiger partial charge on any atom is 0.256 e. The molecule has 8 heteroatoms. The predicted molar refractivity (Wildman–Crippen MR) is 132 cm³/mol. The molecule has 3 aromatic rings. The van der Waals surface area contributed by atoms with Crippen molar-refractivity contribution in [2.75, 3.05) is 11.9 Å². The van der Waals surface area contributed by atoms with Gasteiger partial charge in [0.05, 0.1) is 10.5 Å². The smallest absolute Gasteiger partial charge is 0.256 e. The van der Waals surface area contributed by atoms with Gasteiger partial charge in [0.25, 0.3) is 5.91 Å². The topological polar surface area (TPSA) is 90.3 Å². The first kappa shape index (κ1) is 22.8. The van der Waals surface area contributed by atoms with E-state index in [9.17, 15) is 18.5 Å². The fraction of sp³-hybridized carbons (Fsp3) is 0.308. The number of carbonyl (C=O) groups excluding carboxylic acids is 1. The molecule has 1 aromatic heterocycles. The van der Waals surface area contributed by atoms with Gasteiger partial charge in [-0.15, -0.1) is 11.3 Å². The number of nitriles is 1. The fourth-order valence-electron chi connectivity index (χ4n) is 4.75. The van der Waals surface area contributed by atoms with E-state index in [1.807, 2.05) is 24.3 Å². The van der Waals surface area contributed by atoms with Gasteiger partial charge in [-0.05, 0) is 67.0 Å². The van der Waals surface area contributed by atoms with Crippen molar-refractivity contribution in [3.63, 3.8) is 0 Å². The molecule has 1 aliphatic carbocycles. The lowest BCUT2D eigenvalue weighted by Gasteiger charge is -2.28. The van der Waals surface area contributed by atoms with Gasteiger partial charge in [0.2, 0.25) is 10.0 Å². The Morgan fingerprint density at radius 1 is 1.00 bits per heavy atom. The summed E-state index contributed by atoms with van der Waals surface area (Å²) >= 11 is 1.47. The summed E-state index contributed by atoms with van der Waals surface area (Å²) in [6.07, 6.45) is 5.74. The van der Waals surface area contributed by atoms with Crippen LogP contribution in [0.4, 0.5) is 5.00 Å². The van der Waals surface area contributed by atoms with E-state index in [2.05, 4.69) is 11.4 Å². The summed E-state index contributed by atoms with van der Waals surface area (Å²) in [6, 6.07) is 16.3. The highest BCUT2D eigenvalue weighted by Crippen LogP contribution is 2.37. The zero-order valence-corrected chi connectivity index (χ0v) is 20.3. The SMILES string of the molecule is N#Cc1c(NC(=O)c2cccc(S(=O)(=O)N3CCc4ccccc4C3)c2)sc2c1CCCCC2. The van der Waals surface area contributed by atoms with Gasteiger partial charge in [0.1, 0.15) is 11.1 Å². The Morgan fingerprint density at radius 3 is 2.62 bits per heavy atom. The fourth-order valence-corrected chi connectivity index (χ4v) is 7.45. The Morgan fingerprint density at radius 2 is 1.79 bits per heavy atom. The van der Waals surface area contributed by atoms with E-state index in [1.165, 1.54) is 38.2 Å². The molecule has 0 fully saturated rings. The molecule has 0 saturated heterocycles. The Bertz CT molecular complexity index is 1400. The lowest BCUT2D eigenvalue weighted by atomic mass is 10.0. The van der Waals surface area contributed by atoms with Gasteiger partial charge in [-0.2, -0.15) is 9.57 Å². The Hall–Kier alpha value is -2.99. The third-order valence-corrected chi connectivity index (χ3v) is 9.64. The van der Waals surface area contributed by atoms with E-state index in [0.717, 1.165) is 43.2 Å². The summed E-state index contributed by atoms with van der Waals surface area (Å²) in [5, 5.41) is 13.2. The molecule has 0 saturated carbocycles. The van der Waals surface area contributed by atoms with E-state index in [1.54, 1.807) is 12.1 Å². The van der Waals surface area contributed by atoms with Crippen LogP contribution < -0.4 is 5.32 Å². The standard InChI is InChI=1S/C26H25N3O3S2/c27-16-23-22-11-2-1-3-12-24(22)33-26(23)28-25(30)19-9-6-10-21(15-19)34(31,32)29-14-13-18-7-4-5-8-20(18)17-29/h4-10,15H,1-3,11-14,17H2,(H,28,30). The molecule has 174 valence electrons. The number of amides is 1. The second-order valence-electron chi connectivity index (χ2n) is 8.72. The number of rotatable bonds is 4. The second-order valence-corrected chi connectivity index (χ2v) is 11.8. The van der Waals surface area contributed by atoms with E-state index >= 15 is 0 Å². The maximum atomic E-state index is 13.3. The van der Waals surface area contributed by atoms with Crippen LogP contribution in [0.3, 0.4) is 0 Å². The van der Waals surface area contributed by atoms with Gasteiger partial charge in [-0.3, -0.25) is 4.79 Å². The molecular formula is C26H25N3O3S2. The van der Waals surface area contributed by atoms with E-state index in [4.69, 9.17) is 0 Å². The van der Waals surface area contributed by atoms with E-state index < -0.39 is 15.9 Å². The van der Waals surface area contributed by atoms with Crippen molar-refractivity contribution in [3.8, 4) is 6.07 Å². The van der Waals surface area contributed by atoms with Crippen molar-refractivity contribution in [3.05, 3.63) is 81.2 Å². The lowest BCUT2D eigenvalue weighted by Crippen LogP contribution is -2.36. The summed E-state index contributed by atoms with van der Waals surface area (Å²) in [5.74, 6) is -0.408. The second kappa shape index (κ2) is 9.34. The monoisotopic (exact) mass is 491 g/mol. The van der Waals surface area contributed by atoms with Crippen molar-refractivity contribution < 1.29 is 13.2 Å². The van der Waals surface area contributed by atoms with Crippen LogP contribution in [0.2, 0.25) is 0 Å². The number of nitrogens with one attached hydrogen (secondary N) is 1. The predicted octanol–water partition coefficient (Wildman–Crippen LogP) is 4.89. The molecule has 5 rings (SSSR count). The molecule has 6 nitrogen and oxygen atoms in total. The molecule has 1 N–H and O–H groups in total. The molecule has 0 radical (unpaired) electrons. The first-order valence-corrected chi connectivity index (χ1v) is 13.8. The Balaban J connectivity index is 1.38. The van der Waals surface area contributed by atoms with Crippen LogP contribution in [0.25, 0.3) is 0 Å². The minimum atomic E-state index is -3.75. The van der Waals surface area contributed by atoms with Gasteiger partial charge in [0.15, 0.2) is 0 Å². The average Bonchev–Trinajstić information content (AvgIpc) is 3.02. The summed E-state index contributed by atoms with van der Waals surface area (Å²) in [7, 11) is -3.75. The number of nitrogens with zero attached hydrogens (tertiary/aromatic N) is 2. The highest BCUT2D eigenvalue weighted by molar-refractivity contribution is 7.89. The zero-order chi connectivity index (χ0) is 23.7. The first-order valence-electron chi connectivity index (χ1n) is 11.5. The molecule has 1 aliphatic heterocycles. The largest absolute Gasteiger partial charge is 0.312 e. The van der Waals surface area contributed by atoms with E-state index in [-0.39, 0.29) is 10.5 Å². The number of carbonyl (C=O) groups is 1. The van der Waals surface area contributed by atoms with Crippen LogP contribution in [0.5, 0.6) is 0 Å². The Kier molecular flexibility index (Phi) is 6.26. The number of hydrogen-bond donors (Lipinski definition) is 1. The molecule has 0 bridgehead atoms. The molecule has 0 spiro atoms. The van der Waals surface area contributed by atoms with Gasteiger partial charge in [-0.1, -0.05) is 36.8 Å². The molecular weight excluding hydrogens is 466 g/mol. The minimum absolute atomic E-state index is 0.0991. The van der Waals surface area contributed by atoms with Crippen LogP contribution in [-0.2, 0) is 35.8 Å². The molecule has 2 aliphatic rings. The van der Waals surface area contributed by atoms with Crippen molar-refractivity contribution in [2.24, 2.45) is 0 Å². The summed E-state index contributed by atoms with van der Waals surface area (Å²) in [6.45, 7) is 0.725. The van der Waals surface area contributed by atoms with Crippen molar-refractivity contribution in [1.29, 1.82) is 5.26 Å². The van der Waals surface area contributed by atoms with Crippen LogP contribution in [0, 0.1) is 11.3 Å². The number of aryl methyl sites for hydroxylation is 1. The van der Waals surface area contributed by atoms with Crippen LogP contribution >= 0.6 is 11.3 Å². The van der Waals surface area contributed by atoms with Gasteiger partial charge in [0, 0.05) is 23.5 Å². The van der Waals surface area contributed by atoms with Crippen LogP contribution in [0.1, 0.15) is 56.8 Å². The number of hydrogen-bond acceptors (Lipinski definition) is 5. The average molecular weight is 492 g/mol. The van der Waals surface area contributed by atoms with Gasteiger partial charge in [-0.25, -0.2) is 8.42 Å². The normalized spacial score (nSPS) is 16.1. The van der Waals surface area contributed by atoms with E-state index in [0.29, 0.717) is 30.1 Å². The summed E-state index contributed by atoms with van der Waals surface area (Å²) in [5.41, 5.74) is 4.04. The van der Waals surface area contributed by atoms with Gasteiger partial charge >= 0.3 is 0 Å². The number of anilines is 1. The van der Waals surface area contributed by atoms with Crippen LogP contribution in [0.15, 0.2) is 53.4 Å². The summed E-state index contributed by atoms with van der Waals surface area (Å²) in [4.78, 5) is 14.3. The maximum absolute atomic E-state index is 13.3. The highest BCUT2D eigenvalue weighted by atomic mass is 32.2. The summed E-state index contributed by atoms with van der Waals surface area (Å²) < 4.78 is 28.2. The molecule has 0 atom stereocenters. The van der Waals surface area contributed by atoms with Crippen molar-refractivity contribution in [1.82, 2.24) is 4.31 Å². The van der Waals surface area contributed by atoms with Crippen molar-refractivity contribution >= 4 is 32.3 Å². The quantitative estimate of drug-likeness (QED) is 0.526. The number of benzene rings is 2. The molecule has 2 heterocycles. The zero-order valence-electron chi connectivity index (χ0n) is 18.7. The minimum Gasteiger partial charge on any atom is -0.312 e. The molecule has 34 heavy (non-hydrogen) atoms. The highest BCUT2D eigenvalue weighted by Gasteiger charge is 2.29. The van der Waals surface area contributed by atoms with Crippen molar-refractivity contribution in [2.45, 2.75) is 50.0 Å². The number of fused-ring (bicyclic) bond motifs is 2. The van der Waals surface area contributed by atoms with Gasteiger partial charge < -0.3 is 5.32 Å². The Labute approximate surface area is 203 Å². The first-order chi connectivity index (χ1) is 16.5.